The van der Waals surface area contributed by atoms with E-state index in [1.165, 1.54) is 51.6 Å². The van der Waals surface area contributed by atoms with Crippen molar-refractivity contribution in [3.8, 4) is 0 Å². The van der Waals surface area contributed by atoms with Gasteiger partial charge in [0.2, 0.25) is 0 Å². The standard InChI is InChI=1S/C14H26N2O/c1-15-12-2-4-13(5-3-12)16-8-6-14(7-9-16)10-17-11-14/h12-13,15H,2-11H2,1H3. The molecule has 1 saturated carbocycles. The third kappa shape index (κ3) is 2.38. The SMILES string of the molecule is CNC1CCC(N2CCC3(CC2)COC3)CC1. The Hall–Kier alpha value is -0.120. The second-order valence-corrected chi connectivity index (χ2v) is 6.32. The van der Waals surface area contributed by atoms with E-state index in [-0.39, 0.29) is 0 Å². The van der Waals surface area contributed by atoms with Crippen LogP contribution < -0.4 is 5.32 Å². The lowest BCUT2D eigenvalue weighted by atomic mass is 9.76. The molecule has 0 aromatic heterocycles. The molecule has 1 spiro atoms. The summed E-state index contributed by atoms with van der Waals surface area (Å²) in [6.45, 7) is 4.71. The lowest BCUT2D eigenvalue weighted by Crippen LogP contribution is -2.53. The number of nitrogens with zero attached hydrogens (tertiary/aromatic N) is 1. The van der Waals surface area contributed by atoms with Gasteiger partial charge in [0.05, 0.1) is 13.2 Å². The molecule has 1 aliphatic carbocycles. The fourth-order valence-electron chi connectivity index (χ4n) is 3.77. The number of piperidine rings is 1. The third-order valence-electron chi connectivity index (χ3n) is 5.30. The van der Waals surface area contributed by atoms with E-state index in [9.17, 15) is 0 Å². The maximum absolute atomic E-state index is 5.40. The predicted molar refractivity (Wildman–Crippen MR) is 69.2 cm³/mol. The Labute approximate surface area is 105 Å². The van der Waals surface area contributed by atoms with Crippen LogP contribution in [0.3, 0.4) is 0 Å². The van der Waals surface area contributed by atoms with E-state index < -0.39 is 0 Å². The Balaban J connectivity index is 1.47. The van der Waals surface area contributed by atoms with Crippen molar-refractivity contribution in [1.82, 2.24) is 10.2 Å². The minimum atomic E-state index is 0.596. The second kappa shape index (κ2) is 4.87. The van der Waals surface area contributed by atoms with Crippen molar-refractivity contribution >= 4 is 0 Å². The summed E-state index contributed by atoms with van der Waals surface area (Å²) in [7, 11) is 2.10. The third-order valence-corrected chi connectivity index (χ3v) is 5.30. The van der Waals surface area contributed by atoms with E-state index in [1.54, 1.807) is 0 Å². The number of hydrogen-bond acceptors (Lipinski definition) is 3. The van der Waals surface area contributed by atoms with E-state index in [2.05, 4.69) is 17.3 Å². The number of nitrogens with one attached hydrogen (secondary N) is 1. The molecule has 0 bridgehead atoms. The Morgan fingerprint density at radius 1 is 1.06 bits per heavy atom. The molecule has 0 unspecified atom stereocenters. The van der Waals surface area contributed by atoms with Crippen LogP contribution in [-0.2, 0) is 4.74 Å². The zero-order valence-corrected chi connectivity index (χ0v) is 11.1. The molecule has 3 nitrogen and oxygen atoms in total. The van der Waals surface area contributed by atoms with Gasteiger partial charge in [0.1, 0.15) is 0 Å². The van der Waals surface area contributed by atoms with Crippen LogP contribution in [0.4, 0.5) is 0 Å². The number of likely N-dealkylation sites (tertiary alicyclic amines) is 1. The number of hydrogen-bond donors (Lipinski definition) is 1. The zero-order valence-electron chi connectivity index (χ0n) is 11.1. The minimum Gasteiger partial charge on any atom is -0.380 e. The molecule has 0 aromatic carbocycles. The van der Waals surface area contributed by atoms with Gasteiger partial charge in [-0.15, -0.1) is 0 Å². The summed E-state index contributed by atoms with van der Waals surface area (Å²) in [6, 6.07) is 1.65. The highest BCUT2D eigenvalue weighted by Gasteiger charge is 2.42. The van der Waals surface area contributed by atoms with Crippen molar-refractivity contribution in [2.24, 2.45) is 5.41 Å². The van der Waals surface area contributed by atoms with Crippen molar-refractivity contribution in [3.63, 3.8) is 0 Å². The van der Waals surface area contributed by atoms with Gasteiger partial charge < -0.3 is 15.0 Å². The van der Waals surface area contributed by atoms with Crippen LogP contribution in [0.5, 0.6) is 0 Å². The molecule has 0 radical (unpaired) electrons. The summed E-state index contributed by atoms with van der Waals surface area (Å²) in [6.07, 6.45) is 8.28. The van der Waals surface area contributed by atoms with Crippen LogP contribution in [0, 0.1) is 5.41 Å². The lowest BCUT2D eigenvalue weighted by Gasteiger charge is -2.49. The first-order chi connectivity index (χ1) is 8.31. The van der Waals surface area contributed by atoms with Crippen LogP contribution in [-0.4, -0.2) is 50.3 Å². The minimum absolute atomic E-state index is 0.596. The smallest absolute Gasteiger partial charge is 0.0545 e. The van der Waals surface area contributed by atoms with Gasteiger partial charge in [-0.2, -0.15) is 0 Å². The van der Waals surface area contributed by atoms with Gasteiger partial charge >= 0.3 is 0 Å². The topological polar surface area (TPSA) is 24.5 Å². The summed E-state index contributed by atoms with van der Waals surface area (Å²) < 4.78 is 5.40. The maximum atomic E-state index is 5.40. The first-order valence-electron chi connectivity index (χ1n) is 7.30. The van der Waals surface area contributed by atoms with Crippen LogP contribution in [0.15, 0.2) is 0 Å². The van der Waals surface area contributed by atoms with Gasteiger partial charge in [0, 0.05) is 17.5 Å². The molecular formula is C14H26N2O. The van der Waals surface area contributed by atoms with Crippen molar-refractivity contribution in [3.05, 3.63) is 0 Å². The molecule has 3 fully saturated rings. The Morgan fingerprint density at radius 2 is 1.71 bits per heavy atom. The number of ether oxygens (including phenoxy) is 1. The molecular weight excluding hydrogens is 212 g/mol. The fourth-order valence-corrected chi connectivity index (χ4v) is 3.77. The summed E-state index contributed by atoms with van der Waals surface area (Å²) in [5, 5.41) is 3.42. The van der Waals surface area contributed by atoms with Crippen LogP contribution >= 0.6 is 0 Å². The monoisotopic (exact) mass is 238 g/mol. The Bertz CT molecular complexity index is 247. The quantitative estimate of drug-likeness (QED) is 0.791. The Morgan fingerprint density at radius 3 is 2.18 bits per heavy atom. The molecule has 2 saturated heterocycles. The van der Waals surface area contributed by atoms with Gasteiger partial charge in [-0.1, -0.05) is 0 Å². The fraction of sp³-hybridized carbons (Fsp3) is 1.00. The lowest BCUT2D eigenvalue weighted by molar-refractivity contribution is -0.143. The van der Waals surface area contributed by atoms with Gasteiger partial charge in [-0.3, -0.25) is 0 Å². The first-order valence-corrected chi connectivity index (χ1v) is 7.30. The summed E-state index contributed by atoms with van der Waals surface area (Å²) in [4.78, 5) is 2.76. The van der Waals surface area contributed by atoms with E-state index in [0.29, 0.717) is 5.41 Å². The van der Waals surface area contributed by atoms with Crippen molar-refractivity contribution < 1.29 is 4.74 Å². The second-order valence-electron chi connectivity index (χ2n) is 6.32. The number of rotatable bonds is 2. The molecule has 3 heteroatoms. The Kier molecular flexibility index (Phi) is 3.42. The molecule has 98 valence electrons. The van der Waals surface area contributed by atoms with Crippen LogP contribution in [0.1, 0.15) is 38.5 Å². The van der Waals surface area contributed by atoms with Crippen LogP contribution in [0.2, 0.25) is 0 Å². The predicted octanol–water partition coefficient (Wildman–Crippen LogP) is 1.63. The average Bonchev–Trinajstić information content (AvgIpc) is 2.37. The highest BCUT2D eigenvalue weighted by atomic mass is 16.5. The van der Waals surface area contributed by atoms with E-state index in [4.69, 9.17) is 4.74 Å². The van der Waals surface area contributed by atoms with Crippen molar-refractivity contribution in [1.29, 1.82) is 0 Å². The van der Waals surface area contributed by atoms with E-state index >= 15 is 0 Å². The molecule has 3 aliphatic rings. The maximum Gasteiger partial charge on any atom is 0.0545 e. The molecule has 1 N–H and O–H groups in total. The molecule has 2 heterocycles. The van der Waals surface area contributed by atoms with E-state index in [0.717, 1.165) is 25.3 Å². The average molecular weight is 238 g/mol. The first kappa shape index (κ1) is 11.9. The highest BCUT2D eigenvalue weighted by molar-refractivity contribution is 4.93. The molecule has 17 heavy (non-hydrogen) atoms. The molecule has 0 aromatic rings. The summed E-state index contributed by atoms with van der Waals surface area (Å²) >= 11 is 0. The van der Waals surface area contributed by atoms with Crippen LogP contribution in [0.25, 0.3) is 0 Å². The van der Waals surface area contributed by atoms with Gasteiger partial charge in [-0.25, -0.2) is 0 Å². The highest BCUT2D eigenvalue weighted by Crippen LogP contribution is 2.39. The normalized spacial score (nSPS) is 37.9. The molecule has 3 rings (SSSR count). The van der Waals surface area contributed by atoms with Gasteiger partial charge in [0.15, 0.2) is 0 Å². The summed E-state index contributed by atoms with van der Waals surface area (Å²) in [5.74, 6) is 0. The largest absolute Gasteiger partial charge is 0.380 e. The van der Waals surface area contributed by atoms with Gasteiger partial charge in [0.25, 0.3) is 0 Å². The molecule has 2 aliphatic heterocycles. The van der Waals surface area contributed by atoms with Crippen molar-refractivity contribution in [2.75, 3.05) is 33.4 Å². The van der Waals surface area contributed by atoms with Gasteiger partial charge in [-0.05, 0) is 58.7 Å². The van der Waals surface area contributed by atoms with Crippen molar-refractivity contribution in [2.45, 2.75) is 50.6 Å². The molecule has 0 atom stereocenters. The zero-order chi connectivity index (χ0) is 11.7. The molecule has 0 amide bonds. The summed E-state index contributed by atoms with van der Waals surface area (Å²) in [5.41, 5.74) is 0.596. The van der Waals surface area contributed by atoms with E-state index in [1.807, 2.05) is 0 Å².